The molecule has 0 atom stereocenters. The molecule has 0 spiro atoms. The molecule has 0 saturated heterocycles. The van der Waals surface area contributed by atoms with E-state index in [4.69, 9.17) is 5.11 Å². The summed E-state index contributed by atoms with van der Waals surface area (Å²) in [6.45, 7) is 1.81. The molecule has 0 aromatic heterocycles. The Morgan fingerprint density at radius 2 is 1.80 bits per heavy atom. The SMILES string of the molecule is COC(=O)CN(C(=O)NC(=O)COCC(=O)O)C(C)C. The van der Waals surface area contributed by atoms with Crippen LogP contribution in [0.5, 0.6) is 0 Å². The first-order chi connectivity index (χ1) is 9.27. The number of carbonyl (C=O) groups excluding carboxylic acids is 3. The van der Waals surface area contributed by atoms with Gasteiger partial charge in [0, 0.05) is 6.04 Å². The minimum Gasteiger partial charge on any atom is -0.480 e. The minimum atomic E-state index is -1.22. The third kappa shape index (κ3) is 7.31. The summed E-state index contributed by atoms with van der Waals surface area (Å²) < 4.78 is 8.97. The molecule has 0 bridgehead atoms. The van der Waals surface area contributed by atoms with Crippen molar-refractivity contribution in [1.29, 1.82) is 0 Å². The van der Waals surface area contributed by atoms with Crippen LogP contribution in [0.1, 0.15) is 13.8 Å². The molecule has 0 unspecified atom stereocenters. The number of urea groups is 1. The zero-order chi connectivity index (χ0) is 15.7. The van der Waals surface area contributed by atoms with E-state index in [9.17, 15) is 19.2 Å². The van der Waals surface area contributed by atoms with E-state index in [0.717, 1.165) is 4.90 Å². The van der Waals surface area contributed by atoms with E-state index in [1.54, 1.807) is 13.8 Å². The predicted molar refractivity (Wildman–Crippen MR) is 65.9 cm³/mol. The fraction of sp³-hybridized carbons (Fsp3) is 0.636. The van der Waals surface area contributed by atoms with Crippen LogP contribution < -0.4 is 5.32 Å². The molecule has 0 aromatic rings. The summed E-state index contributed by atoms with van der Waals surface area (Å²) in [5.74, 6) is -2.64. The maximum atomic E-state index is 11.8. The van der Waals surface area contributed by atoms with Crippen LogP contribution in [-0.4, -0.2) is 66.8 Å². The maximum absolute atomic E-state index is 11.8. The summed E-state index contributed by atoms with van der Waals surface area (Å²) in [6.07, 6.45) is 0. The van der Waals surface area contributed by atoms with Crippen LogP contribution in [-0.2, 0) is 23.9 Å². The molecule has 0 heterocycles. The van der Waals surface area contributed by atoms with Crippen LogP contribution in [0, 0.1) is 0 Å². The lowest BCUT2D eigenvalue weighted by Gasteiger charge is -2.25. The number of carboxylic acid groups (broad SMARTS) is 1. The first-order valence-corrected chi connectivity index (χ1v) is 5.74. The second kappa shape index (κ2) is 8.86. The molecule has 2 N–H and O–H groups in total. The number of rotatable bonds is 7. The van der Waals surface area contributed by atoms with Crippen molar-refractivity contribution < 1.29 is 33.8 Å². The number of ether oxygens (including phenoxy) is 2. The number of carboxylic acids is 1. The highest BCUT2D eigenvalue weighted by atomic mass is 16.5. The van der Waals surface area contributed by atoms with E-state index in [1.807, 2.05) is 5.32 Å². The zero-order valence-electron chi connectivity index (χ0n) is 11.5. The lowest BCUT2D eigenvalue weighted by molar-refractivity contribution is -0.144. The van der Waals surface area contributed by atoms with E-state index in [0.29, 0.717) is 0 Å². The second-order valence-electron chi connectivity index (χ2n) is 4.04. The molecule has 0 aliphatic heterocycles. The van der Waals surface area contributed by atoms with Crippen LogP contribution in [0.3, 0.4) is 0 Å². The first kappa shape index (κ1) is 17.8. The molecule has 0 fully saturated rings. The Bertz CT molecular complexity index is 381. The number of carbonyl (C=O) groups is 4. The Labute approximate surface area is 115 Å². The lowest BCUT2D eigenvalue weighted by atomic mass is 10.3. The van der Waals surface area contributed by atoms with Crippen LogP contribution >= 0.6 is 0 Å². The maximum Gasteiger partial charge on any atom is 0.329 e. The van der Waals surface area contributed by atoms with Crippen molar-refractivity contribution in [2.24, 2.45) is 0 Å². The molecule has 0 rings (SSSR count). The fourth-order valence-corrected chi connectivity index (χ4v) is 1.15. The number of amides is 3. The molecule has 0 aliphatic carbocycles. The van der Waals surface area contributed by atoms with Crippen molar-refractivity contribution in [2.45, 2.75) is 19.9 Å². The highest BCUT2D eigenvalue weighted by molar-refractivity contribution is 5.96. The van der Waals surface area contributed by atoms with Gasteiger partial charge in [-0.2, -0.15) is 0 Å². The predicted octanol–water partition coefficient (Wildman–Crippen LogP) is -0.793. The summed E-state index contributed by atoms with van der Waals surface area (Å²) >= 11 is 0. The Morgan fingerprint density at radius 1 is 1.20 bits per heavy atom. The summed E-state index contributed by atoms with van der Waals surface area (Å²) in [6, 6.07) is -1.11. The molecular formula is C11H18N2O7. The van der Waals surface area contributed by atoms with Gasteiger partial charge in [0.15, 0.2) is 0 Å². The quantitative estimate of drug-likeness (QED) is 0.589. The van der Waals surface area contributed by atoms with Gasteiger partial charge < -0.3 is 19.5 Å². The van der Waals surface area contributed by atoms with Crippen molar-refractivity contribution in [2.75, 3.05) is 26.9 Å². The Hall–Kier alpha value is -2.16. The summed E-state index contributed by atoms with van der Waals surface area (Å²) in [7, 11) is 1.18. The second-order valence-corrected chi connectivity index (χ2v) is 4.04. The van der Waals surface area contributed by atoms with Crippen LogP contribution in [0.25, 0.3) is 0 Å². The molecule has 0 saturated carbocycles. The molecule has 0 aromatic carbocycles. The number of hydrogen-bond acceptors (Lipinski definition) is 6. The van der Waals surface area contributed by atoms with Gasteiger partial charge in [-0.25, -0.2) is 9.59 Å². The summed E-state index contributed by atoms with van der Waals surface area (Å²) in [4.78, 5) is 45.5. The van der Waals surface area contributed by atoms with Crippen LogP contribution in [0.2, 0.25) is 0 Å². The van der Waals surface area contributed by atoms with Crippen molar-refractivity contribution >= 4 is 23.9 Å². The van der Waals surface area contributed by atoms with Gasteiger partial charge in [-0.05, 0) is 13.8 Å². The normalized spacial score (nSPS) is 10.0. The van der Waals surface area contributed by atoms with Gasteiger partial charge in [0.25, 0.3) is 5.91 Å². The van der Waals surface area contributed by atoms with Crippen molar-refractivity contribution in [3.05, 3.63) is 0 Å². The fourth-order valence-electron chi connectivity index (χ4n) is 1.15. The topological polar surface area (TPSA) is 122 Å². The molecule has 0 aliphatic rings. The monoisotopic (exact) mass is 290 g/mol. The van der Waals surface area contributed by atoms with E-state index in [2.05, 4.69) is 9.47 Å². The van der Waals surface area contributed by atoms with Crippen LogP contribution in [0.4, 0.5) is 4.79 Å². The molecule has 3 amide bonds. The van der Waals surface area contributed by atoms with Gasteiger partial charge in [-0.1, -0.05) is 0 Å². The third-order valence-electron chi connectivity index (χ3n) is 2.12. The number of aliphatic carboxylic acids is 1. The molecule has 0 radical (unpaired) electrons. The Kier molecular flexibility index (Phi) is 7.90. The Morgan fingerprint density at radius 3 is 2.25 bits per heavy atom. The molecule has 114 valence electrons. The van der Waals surface area contributed by atoms with Crippen molar-refractivity contribution in [3.63, 3.8) is 0 Å². The van der Waals surface area contributed by atoms with Gasteiger partial charge in [-0.15, -0.1) is 0 Å². The van der Waals surface area contributed by atoms with Gasteiger partial charge in [0.1, 0.15) is 19.8 Å². The standard InChI is InChI=1S/C11H18N2O7/c1-7(2)13(4-10(17)19-3)11(18)12-8(14)5-20-6-9(15)16/h7H,4-6H2,1-3H3,(H,15,16)(H,12,14,18). The molecule has 9 heteroatoms. The number of nitrogens with one attached hydrogen (secondary N) is 1. The van der Waals surface area contributed by atoms with Gasteiger partial charge in [-0.3, -0.25) is 14.9 Å². The number of imide groups is 1. The largest absolute Gasteiger partial charge is 0.480 e. The average Bonchev–Trinajstić information content (AvgIpc) is 2.34. The van der Waals surface area contributed by atoms with Gasteiger partial charge >= 0.3 is 18.0 Å². The van der Waals surface area contributed by atoms with Crippen molar-refractivity contribution in [3.8, 4) is 0 Å². The summed E-state index contributed by atoms with van der Waals surface area (Å²) in [5, 5.41) is 10.3. The van der Waals surface area contributed by atoms with E-state index < -0.39 is 37.1 Å². The third-order valence-corrected chi connectivity index (χ3v) is 2.12. The highest BCUT2D eigenvalue weighted by Gasteiger charge is 2.22. The molecule has 9 nitrogen and oxygen atoms in total. The van der Waals surface area contributed by atoms with E-state index >= 15 is 0 Å². The number of hydrogen-bond donors (Lipinski definition) is 2. The number of nitrogens with zero attached hydrogens (tertiary/aromatic N) is 1. The average molecular weight is 290 g/mol. The zero-order valence-corrected chi connectivity index (χ0v) is 11.5. The Balaban J connectivity index is 4.34. The van der Waals surface area contributed by atoms with E-state index in [1.165, 1.54) is 7.11 Å². The number of esters is 1. The molecular weight excluding hydrogens is 272 g/mol. The molecule has 20 heavy (non-hydrogen) atoms. The smallest absolute Gasteiger partial charge is 0.329 e. The summed E-state index contributed by atoms with van der Waals surface area (Å²) in [5.41, 5.74) is 0. The minimum absolute atomic E-state index is 0.302. The van der Waals surface area contributed by atoms with Gasteiger partial charge in [0.2, 0.25) is 0 Å². The van der Waals surface area contributed by atoms with Crippen molar-refractivity contribution in [1.82, 2.24) is 10.2 Å². The highest BCUT2D eigenvalue weighted by Crippen LogP contribution is 1.99. The van der Waals surface area contributed by atoms with E-state index in [-0.39, 0.29) is 12.6 Å². The lowest BCUT2D eigenvalue weighted by Crippen LogP contribution is -2.49. The number of methoxy groups -OCH3 is 1. The first-order valence-electron chi connectivity index (χ1n) is 5.74. The van der Waals surface area contributed by atoms with Crippen LogP contribution in [0.15, 0.2) is 0 Å². The van der Waals surface area contributed by atoms with Gasteiger partial charge in [0.05, 0.1) is 7.11 Å².